The van der Waals surface area contributed by atoms with Crippen LogP contribution >= 0.6 is 0 Å². The van der Waals surface area contributed by atoms with Gasteiger partial charge in [0.05, 0.1) is 17.9 Å². The summed E-state index contributed by atoms with van der Waals surface area (Å²) in [5.41, 5.74) is 0. The zero-order valence-electron chi connectivity index (χ0n) is 9.83. The molecule has 1 aliphatic heterocycles. The van der Waals surface area contributed by atoms with Gasteiger partial charge in [-0.1, -0.05) is 0 Å². The van der Waals surface area contributed by atoms with Gasteiger partial charge in [0, 0.05) is 6.04 Å². The number of carbonyl (C=O) groups is 3. The van der Waals surface area contributed by atoms with Gasteiger partial charge in [0.15, 0.2) is 9.84 Å². The first kappa shape index (κ1) is 15.2. The average molecular weight is 294 g/mol. The van der Waals surface area contributed by atoms with Crippen LogP contribution in [-0.2, 0) is 19.4 Å². The van der Waals surface area contributed by atoms with E-state index in [1.807, 2.05) is 5.32 Å². The van der Waals surface area contributed by atoms with Gasteiger partial charge >= 0.3 is 18.0 Å². The van der Waals surface area contributed by atoms with Gasteiger partial charge in [0.1, 0.15) is 6.04 Å². The van der Waals surface area contributed by atoms with E-state index in [-0.39, 0.29) is 17.9 Å². The predicted octanol–water partition coefficient (Wildman–Crippen LogP) is -1.60. The van der Waals surface area contributed by atoms with E-state index in [1.54, 1.807) is 0 Å². The summed E-state index contributed by atoms with van der Waals surface area (Å²) in [6.07, 6.45) is -0.502. The van der Waals surface area contributed by atoms with Gasteiger partial charge in [-0.05, 0) is 6.42 Å². The molecule has 9 nitrogen and oxygen atoms in total. The highest BCUT2D eigenvalue weighted by molar-refractivity contribution is 7.91. The monoisotopic (exact) mass is 294 g/mol. The molecule has 1 unspecified atom stereocenters. The fourth-order valence-corrected chi connectivity index (χ4v) is 3.34. The Hall–Kier alpha value is -1.84. The number of hydrogen-bond donors (Lipinski definition) is 4. The molecule has 0 aliphatic carbocycles. The Kier molecular flexibility index (Phi) is 4.70. The molecule has 0 radical (unpaired) electrons. The molecule has 19 heavy (non-hydrogen) atoms. The lowest BCUT2D eigenvalue weighted by atomic mass is 10.2. The Morgan fingerprint density at radius 3 is 2.32 bits per heavy atom. The number of hydrogen-bond acceptors (Lipinski definition) is 5. The lowest BCUT2D eigenvalue weighted by Gasteiger charge is -2.15. The number of amides is 2. The van der Waals surface area contributed by atoms with E-state index in [4.69, 9.17) is 10.2 Å². The molecule has 0 aromatic carbocycles. The van der Waals surface area contributed by atoms with Gasteiger partial charge in [-0.15, -0.1) is 0 Å². The van der Waals surface area contributed by atoms with Crippen molar-refractivity contribution in [2.45, 2.75) is 24.9 Å². The SMILES string of the molecule is O=C(O)C[C@@H](NC(=O)NC1CCS(=O)(=O)C1)C(=O)O. The molecule has 108 valence electrons. The highest BCUT2D eigenvalue weighted by atomic mass is 32.2. The van der Waals surface area contributed by atoms with Crippen LogP contribution in [0.5, 0.6) is 0 Å². The van der Waals surface area contributed by atoms with Crippen LogP contribution in [0.1, 0.15) is 12.8 Å². The van der Waals surface area contributed by atoms with Gasteiger partial charge < -0.3 is 20.8 Å². The zero-order chi connectivity index (χ0) is 14.6. The van der Waals surface area contributed by atoms with Crippen LogP contribution in [0, 0.1) is 0 Å². The van der Waals surface area contributed by atoms with Gasteiger partial charge in [0.25, 0.3) is 0 Å². The molecular formula is C9H14N2O7S. The summed E-state index contributed by atoms with van der Waals surface area (Å²) in [7, 11) is -3.16. The van der Waals surface area contributed by atoms with Crippen LogP contribution in [0.3, 0.4) is 0 Å². The Bertz CT molecular complexity index is 487. The Morgan fingerprint density at radius 2 is 1.89 bits per heavy atom. The van der Waals surface area contributed by atoms with Gasteiger partial charge in [-0.3, -0.25) is 4.79 Å². The topological polar surface area (TPSA) is 150 Å². The third-order valence-electron chi connectivity index (χ3n) is 2.55. The molecule has 4 N–H and O–H groups in total. The minimum absolute atomic E-state index is 0.0323. The minimum Gasteiger partial charge on any atom is -0.481 e. The highest BCUT2D eigenvalue weighted by Crippen LogP contribution is 2.10. The maximum absolute atomic E-state index is 11.4. The molecule has 0 aromatic rings. The standard InChI is InChI=1S/C9H14N2O7S/c12-7(13)3-6(8(14)15)11-9(16)10-5-1-2-19(17,18)4-5/h5-6H,1-4H2,(H,12,13)(H,14,15)(H2,10,11,16)/t5?,6-/m1/s1. The molecule has 2 atom stereocenters. The second-order valence-electron chi connectivity index (χ2n) is 4.21. The first-order valence-corrected chi connectivity index (χ1v) is 7.24. The van der Waals surface area contributed by atoms with Gasteiger partial charge in [0.2, 0.25) is 0 Å². The first-order valence-electron chi connectivity index (χ1n) is 5.41. The summed E-state index contributed by atoms with van der Waals surface area (Å²) >= 11 is 0. The van der Waals surface area contributed by atoms with E-state index in [2.05, 4.69) is 5.32 Å². The van der Waals surface area contributed by atoms with Crippen molar-refractivity contribution in [2.75, 3.05) is 11.5 Å². The van der Waals surface area contributed by atoms with Crippen molar-refractivity contribution >= 4 is 27.8 Å². The molecule has 0 spiro atoms. The first-order chi connectivity index (χ1) is 8.69. The molecule has 2 amide bonds. The number of carboxylic acids is 2. The zero-order valence-corrected chi connectivity index (χ0v) is 10.6. The molecular weight excluding hydrogens is 280 g/mol. The van der Waals surface area contributed by atoms with Crippen molar-refractivity contribution in [3.05, 3.63) is 0 Å². The van der Waals surface area contributed by atoms with E-state index in [9.17, 15) is 22.8 Å². The van der Waals surface area contributed by atoms with Crippen LogP contribution in [0.4, 0.5) is 4.79 Å². The van der Waals surface area contributed by atoms with Crippen molar-refractivity contribution in [1.82, 2.24) is 10.6 Å². The van der Waals surface area contributed by atoms with E-state index < -0.39 is 46.3 Å². The smallest absolute Gasteiger partial charge is 0.326 e. The quantitative estimate of drug-likeness (QED) is 0.477. The van der Waals surface area contributed by atoms with E-state index >= 15 is 0 Å². The molecule has 1 heterocycles. The summed E-state index contributed by atoms with van der Waals surface area (Å²) < 4.78 is 22.3. The van der Waals surface area contributed by atoms with Gasteiger partial charge in [-0.2, -0.15) is 0 Å². The van der Waals surface area contributed by atoms with Crippen LogP contribution in [0.15, 0.2) is 0 Å². The number of rotatable bonds is 5. The summed E-state index contributed by atoms with van der Waals surface area (Å²) in [5.74, 6) is -3.07. The Labute approximate surface area is 108 Å². The lowest BCUT2D eigenvalue weighted by molar-refractivity contribution is -0.145. The molecule has 1 rings (SSSR count). The maximum atomic E-state index is 11.4. The van der Waals surface area contributed by atoms with E-state index in [0.29, 0.717) is 0 Å². The minimum atomic E-state index is -3.16. The third-order valence-corrected chi connectivity index (χ3v) is 4.32. The van der Waals surface area contributed by atoms with Crippen molar-refractivity contribution in [3.63, 3.8) is 0 Å². The number of carboxylic acid groups (broad SMARTS) is 2. The predicted molar refractivity (Wildman–Crippen MR) is 62.4 cm³/mol. The normalized spacial score (nSPS) is 22.4. The lowest BCUT2D eigenvalue weighted by Crippen LogP contribution is -2.50. The second-order valence-corrected chi connectivity index (χ2v) is 6.44. The molecule has 0 aromatic heterocycles. The van der Waals surface area contributed by atoms with Crippen molar-refractivity contribution < 1.29 is 33.0 Å². The summed E-state index contributed by atoms with van der Waals surface area (Å²) in [6.45, 7) is 0. The Balaban J connectivity index is 2.49. The summed E-state index contributed by atoms with van der Waals surface area (Å²) in [6, 6.07) is -3.03. The van der Waals surface area contributed by atoms with Crippen LogP contribution in [-0.4, -0.2) is 60.2 Å². The third kappa shape index (κ3) is 5.12. The van der Waals surface area contributed by atoms with Crippen LogP contribution in [0.2, 0.25) is 0 Å². The van der Waals surface area contributed by atoms with Crippen LogP contribution < -0.4 is 10.6 Å². The van der Waals surface area contributed by atoms with Gasteiger partial charge in [-0.25, -0.2) is 18.0 Å². The average Bonchev–Trinajstić information content (AvgIpc) is 2.56. The largest absolute Gasteiger partial charge is 0.481 e. The van der Waals surface area contributed by atoms with E-state index in [1.165, 1.54) is 0 Å². The van der Waals surface area contributed by atoms with Crippen LogP contribution in [0.25, 0.3) is 0 Å². The molecule has 1 fully saturated rings. The highest BCUT2D eigenvalue weighted by Gasteiger charge is 2.30. The fraction of sp³-hybridized carbons (Fsp3) is 0.667. The van der Waals surface area contributed by atoms with Crippen molar-refractivity contribution in [1.29, 1.82) is 0 Å². The molecule has 1 saturated heterocycles. The maximum Gasteiger partial charge on any atom is 0.326 e. The Morgan fingerprint density at radius 1 is 1.26 bits per heavy atom. The fourth-order valence-electron chi connectivity index (χ4n) is 1.67. The number of aliphatic carboxylic acids is 2. The summed E-state index contributed by atoms with van der Waals surface area (Å²) in [4.78, 5) is 32.6. The number of nitrogens with one attached hydrogen (secondary N) is 2. The second kappa shape index (κ2) is 5.87. The number of carbonyl (C=O) groups excluding carboxylic acids is 1. The van der Waals surface area contributed by atoms with Crippen molar-refractivity contribution in [3.8, 4) is 0 Å². The number of sulfone groups is 1. The molecule has 10 heteroatoms. The summed E-state index contributed by atoms with van der Waals surface area (Å²) in [5, 5.41) is 21.5. The number of urea groups is 1. The molecule has 0 saturated carbocycles. The molecule has 0 bridgehead atoms. The van der Waals surface area contributed by atoms with E-state index in [0.717, 1.165) is 0 Å². The molecule has 1 aliphatic rings. The van der Waals surface area contributed by atoms with Crippen molar-refractivity contribution in [2.24, 2.45) is 0 Å².